The first-order valence-electron chi connectivity index (χ1n) is 25.7. The Labute approximate surface area is 466 Å². The molecule has 4 aliphatic heterocycles. The molecule has 5 aliphatic rings. The van der Waals surface area contributed by atoms with Crippen molar-refractivity contribution in [3.63, 3.8) is 0 Å². The van der Waals surface area contributed by atoms with Gasteiger partial charge >= 0.3 is 11.9 Å². The van der Waals surface area contributed by atoms with E-state index < -0.39 is 148 Å². The first-order valence-corrected chi connectivity index (χ1v) is 26.2. The first kappa shape index (κ1) is 62.5. The van der Waals surface area contributed by atoms with Crippen LogP contribution in [0.1, 0.15) is 56.3 Å². The lowest BCUT2D eigenvalue weighted by Gasteiger charge is -2.48. The Morgan fingerprint density at radius 3 is 2.17 bits per heavy atom. The van der Waals surface area contributed by atoms with Crippen LogP contribution < -0.4 is 26.7 Å². The van der Waals surface area contributed by atoms with E-state index in [1.165, 1.54) is 30.3 Å². The minimum atomic E-state index is -2.89. The molecule has 81 heavy (non-hydrogen) atoms. The number of aliphatic hydroxyl groups is 9. The maximum atomic E-state index is 12.7. The van der Waals surface area contributed by atoms with E-state index in [-0.39, 0.29) is 39.8 Å². The Hall–Kier alpha value is -6.10. The molecule has 0 aromatic heterocycles. The topological polar surface area (TPSA) is 445 Å². The standard InChI is InChI=1S/C52H66N4O24S/c1-22(59)54-38-31(63)18-52(50(72)73,80-46(38)40(65)32(64)19-57)75-21-36-41(66)43(68)44(69)49(78-36)79-45-35(20-58)77-48(39(42(45)67)55-23(2)60)74-14-6-4-3-5-13-53-51(81)56-24-7-10-27(30(15-24)47(70)71)37-28-11-8-25(61)16-33(28)76-34-17-26(62)9-12-29(34)37/h7-12,15-17,31-32,35-36,38-46,48-49,57-58,61,63-69H,3-6,13-14,18-21H2,1-2H3,(H,54,59)(H,55,60)(H,70,71)(H,72,73)(H2,53,56,81)/t31-,32-,35+,36+,38+,39+,40-,41-,42+,43-,44+,45+,46+,48+,49-,52+/m0/s1. The van der Waals surface area contributed by atoms with E-state index in [0.717, 1.165) is 13.8 Å². The third-order valence-electron chi connectivity index (χ3n) is 13.9. The van der Waals surface area contributed by atoms with Crippen molar-refractivity contribution in [1.29, 1.82) is 0 Å². The number of benzene rings is 3. The van der Waals surface area contributed by atoms with Crippen LogP contribution in [0.4, 0.5) is 5.69 Å². The fraction of sp³-hybridized carbons (Fsp3) is 0.538. The molecule has 3 saturated heterocycles. The second-order valence-corrected chi connectivity index (χ2v) is 20.2. The number of hydrogen-bond acceptors (Lipinski definition) is 23. The number of aromatic carboxylic acids is 1. The fourth-order valence-electron chi connectivity index (χ4n) is 9.90. The fourth-order valence-corrected chi connectivity index (χ4v) is 10.1. The van der Waals surface area contributed by atoms with Crippen LogP contribution in [-0.2, 0) is 42.8 Å². The molecule has 2 amide bonds. The number of phenols is 1. The summed E-state index contributed by atoms with van der Waals surface area (Å²) >= 11 is 5.49. The molecule has 444 valence electrons. The number of thiocarbonyl (C=S) groups is 1. The largest absolute Gasteiger partial charge is 0.508 e. The summed E-state index contributed by atoms with van der Waals surface area (Å²) in [6.45, 7) is -0.208. The van der Waals surface area contributed by atoms with Gasteiger partial charge in [-0.05, 0) is 67.0 Å². The molecule has 7 rings (SSSR count). The van der Waals surface area contributed by atoms with Gasteiger partial charge in [-0.1, -0.05) is 18.9 Å². The number of carbonyl (C=O) groups is 4. The summed E-state index contributed by atoms with van der Waals surface area (Å²) in [7, 11) is 0. The van der Waals surface area contributed by atoms with Crippen molar-refractivity contribution in [2.75, 3.05) is 38.3 Å². The van der Waals surface area contributed by atoms with E-state index in [0.29, 0.717) is 60.0 Å². The van der Waals surface area contributed by atoms with Crippen molar-refractivity contribution in [3.8, 4) is 28.2 Å². The van der Waals surface area contributed by atoms with Crippen molar-refractivity contribution in [3.05, 3.63) is 70.4 Å². The van der Waals surface area contributed by atoms with Crippen LogP contribution in [0.5, 0.6) is 5.75 Å². The van der Waals surface area contributed by atoms with Crippen molar-refractivity contribution in [1.82, 2.24) is 16.0 Å². The lowest BCUT2D eigenvalue weighted by Crippen LogP contribution is -2.69. The summed E-state index contributed by atoms with van der Waals surface area (Å²) in [6, 6.07) is 10.4. The summed E-state index contributed by atoms with van der Waals surface area (Å²) in [5, 5.41) is 139. The number of fused-ring (bicyclic) bond motifs is 2. The number of aliphatic carboxylic acids is 1. The molecular weight excluding hydrogens is 1100 g/mol. The summed E-state index contributed by atoms with van der Waals surface area (Å²) in [6.07, 6.45) is -22.5. The molecule has 4 heterocycles. The number of amides is 2. The van der Waals surface area contributed by atoms with E-state index in [1.807, 2.05) is 0 Å². The van der Waals surface area contributed by atoms with Gasteiger partial charge in [-0.2, -0.15) is 0 Å². The number of aliphatic hydroxyl groups excluding tert-OH is 9. The number of unbranched alkanes of at least 4 members (excludes halogenated alkanes) is 3. The predicted octanol–water partition coefficient (Wildman–Crippen LogP) is -2.23. The normalized spacial score (nSPS) is 29.3. The summed E-state index contributed by atoms with van der Waals surface area (Å²) in [4.78, 5) is 61.9. The van der Waals surface area contributed by atoms with Gasteiger partial charge in [0.05, 0.1) is 37.5 Å². The quantitative estimate of drug-likeness (QED) is 0.0212. The molecule has 0 spiro atoms. The van der Waals surface area contributed by atoms with Crippen LogP contribution in [0.3, 0.4) is 0 Å². The zero-order valence-electron chi connectivity index (χ0n) is 43.6. The Balaban J connectivity index is 0.906. The highest BCUT2D eigenvalue weighted by atomic mass is 32.1. The average molecular weight is 1160 g/mol. The number of nitrogens with one attached hydrogen (secondary N) is 4. The van der Waals surface area contributed by atoms with Crippen molar-refractivity contribution < 1.29 is 113 Å². The van der Waals surface area contributed by atoms with E-state index in [1.54, 1.807) is 24.3 Å². The third-order valence-corrected chi connectivity index (χ3v) is 14.2. The molecule has 0 unspecified atom stereocenters. The van der Waals surface area contributed by atoms with E-state index >= 15 is 0 Å². The molecule has 28 nitrogen and oxygen atoms in total. The van der Waals surface area contributed by atoms with Crippen LogP contribution in [0.2, 0.25) is 0 Å². The van der Waals surface area contributed by atoms with Crippen LogP contribution in [-0.4, -0.2) is 221 Å². The molecule has 2 aromatic rings. The third kappa shape index (κ3) is 14.6. The predicted molar refractivity (Wildman–Crippen MR) is 281 cm³/mol. The Morgan fingerprint density at radius 2 is 1.49 bits per heavy atom. The zero-order chi connectivity index (χ0) is 59.0. The minimum Gasteiger partial charge on any atom is -0.508 e. The lowest BCUT2D eigenvalue weighted by atomic mass is 9.88. The van der Waals surface area contributed by atoms with Crippen molar-refractivity contribution >= 4 is 57.7 Å². The molecular formula is C52H66N4O24S. The molecule has 16 atom stereocenters. The van der Waals surface area contributed by atoms with Gasteiger partial charge in [0.1, 0.15) is 84.2 Å². The number of carboxylic acid groups (broad SMARTS) is 2. The summed E-state index contributed by atoms with van der Waals surface area (Å²) in [5.41, 5.74) is 1.54. The minimum absolute atomic E-state index is 0.0440. The SMILES string of the molecule is CC(=O)N[C@H]1[C@H](OCCCCCCNC(=S)Nc2ccc(-c3c4ccc(=O)cc-4oc4cc(O)ccc34)c(C(=O)O)c2)O[C@H](CO)[C@@H](O[C@@H]2O[C@H](CO[C@]3(C(=O)O)C[C@H](O)[C@@H](NC(C)=O)[C@H]([C@@H](O)[C@@H](O)CO)O3)[C@H](O)[C@H](O)[C@H]2O)[C@@H]1O. The second-order valence-electron chi connectivity index (χ2n) is 19.8. The van der Waals surface area contributed by atoms with Gasteiger partial charge in [0.15, 0.2) is 23.1 Å². The van der Waals surface area contributed by atoms with Gasteiger partial charge < -0.3 is 115 Å². The average Bonchev–Trinajstić information content (AvgIpc) is 3.61. The zero-order valence-corrected chi connectivity index (χ0v) is 44.4. The number of ether oxygens (including phenoxy) is 6. The van der Waals surface area contributed by atoms with Crippen LogP contribution in [0, 0.1) is 0 Å². The molecule has 1 aliphatic carbocycles. The second kappa shape index (κ2) is 27.3. The maximum Gasteiger partial charge on any atom is 0.364 e. The Morgan fingerprint density at radius 1 is 0.802 bits per heavy atom. The summed E-state index contributed by atoms with van der Waals surface area (Å²) in [5.74, 6) is -7.27. The van der Waals surface area contributed by atoms with Gasteiger partial charge in [-0.3, -0.25) is 14.4 Å². The van der Waals surface area contributed by atoms with Gasteiger partial charge in [-0.15, -0.1) is 0 Å². The monoisotopic (exact) mass is 1160 g/mol. The molecule has 29 heteroatoms. The summed E-state index contributed by atoms with van der Waals surface area (Å²) < 4.78 is 40.5. The molecule has 2 aromatic carbocycles. The first-order chi connectivity index (χ1) is 38.5. The number of rotatable bonds is 23. The number of anilines is 1. The van der Waals surface area contributed by atoms with E-state index in [4.69, 9.17) is 45.1 Å². The number of carbonyl (C=O) groups excluding carboxylic acids is 2. The molecule has 0 radical (unpaired) electrons. The number of hydrogen-bond donors (Lipinski definition) is 16. The van der Waals surface area contributed by atoms with E-state index in [9.17, 15) is 85.3 Å². The number of carboxylic acids is 2. The highest BCUT2D eigenvalue weighted by molar-refractivity contribution is 7.80. The molecule has 3 fully saturated rings. The van der Waals surface area contributed by atoms with Gasteiger partial charge in [0.25, 0.3) is 5.79 Å². The van der Waals surface area contributed by atoms with E-state index in [2.05, 4.69) is 21.3 Å². The van der Waals surface area contributed by atoms with Crippen molar-refractivity contribution in [2.45, 2.75) is 144 Å². The maximum absolute atomic E-state index is 12.7. The number of phenolic OH excluding ortho intramolecular Hbond substituents is 1. The molecule has 0 bridgehead atoms. The van der Waals surface area contributed by atoms with Gasteiger partial charge in [-0.25, -0.2) is 9.59 Å². The van der Waals surface area contributed by atoms with Crippen molar-refractivity contribution in [2.24, 2.45) is 0 Å². The molecule has 0 saturated carbocycles. The number of aromatic hydroxyl groups is 1. The smallest absolute Gasteiger partial charge is 0.364 e. The Bertz CT molecular complexity index is 2900. The molecule has 16 N–H and O–H groups in total. The lowest BCUT2D eigenvalue weighted by molar-refractivity contribution is -0.360. The van der Waals surface area contributed by atoms with Crippen LogP contribution >= 0.6 is 12.2 Å². The van der Waals surface area contributed by atoms with Gasteiger partial charge in [0.2, 0.25) is 11.8 Å². The van der Waals surface area contributed by atoms with Crippen LogP contribution in [0.25, 0.3) is 33.4 Å². The highest BCUT2D eigenvalue weighted by Gasteiger charge is 2.57. The Kier molecular flexibility index (Phi) is 21.1. The highest BCUT2D eigenvalue weighted by Crippen LogP contribution is 2.43. The van der Waals surface area contributed by atoms with Crippen LogP contribution in [0.15, 0.2) is 63.8 Å². The van der Waals surface area contributed by atoms with Gasteiger partial charge in [0, 0.05) is 67.8 Å².